The maximum Gasteiger partial charge on any atom is 0.338 e. The highest BCUT2D eigenvalue weighted by Crippen LogP contribution is 2.34. The third-order valence-electron chi connectivity index (χ3n) is 11.7. The van der Waals surface area contributed by atoms with Crippen molar-refractivity contribution in [1.29, 1.82) is 0 Å². The molecule has 0 radical (unpaired) electrons. The molecule has 0 unspecified atom stereocenters. The van der Waals surface area contributed by atoms with Gasteiger partial charge in [-0.2, -0.15) is 0 Å². The number of carbonyl (C=O) groups excluding carboxylic acids is 2. The van der Waals surface area contributed by atoms with E-state index in [9.17, 15) is 9.59 Å². The van der Waals surface area contributed by atoms with Crippen LogP contribution in [0.25, 0.3) is 0 Å². The molecule has 0 spiro atoms. The molecule has 0 heterocycles. The maximum atomic E-state index is 13.2. The van der Waals surface area contributed by atoms with E-state index in [1.54, 1.807) is 13.8 Å². The van der Waals surface area contributed by atoms with Crippen LogP contribution < -0.4 is 9.47 Å². The van der Waals surface area contributed by atoms with Gasteiger partial charge >= 0.3 is 11.9 Å². The van der Waals surface area contributed by atoms with Gasteiger partial charge in [0, 0.05) is 0 Å². The van der Waals surface area contributed by atoms with E-state index in [1.165, 1.54) is 103 Å². The minimum absolute atomic E-state index is 0.0604. The SMILES string of the molecule is CCCCCC1CCC(C=CCOc2ccc(CO[C@@H](C(=O)OCC)[C@@H](OCc3ccc(OCC=CC4CCC(CCCCC)CC4)cc3)C(=O)OCC)cc2)CC1. The highest BCUT2D eigenvalue weighted by atomic mass is 16.6. The number of hydrogen-bond donors (Lipinski definition) is 0. The molecule has 2 saturated carbocycles. The molecule has 0 aliphatic heterocycles. The van der Waals surface area contributed by atoms with Crippen molar-refractivity contribution < 1.29 is 38.0 Å². The molecule has 2 aliphatic rings. The summed E-state index contributed by atoms with van der Waals surface area (Å²) >= 11 is 0. The van der Waals surface area contributed by atoms with Crippen LogP contribution in [0.3, 0.4) is 0 Å². The van der Waals surface area contributed by atoms with E-state index < -0.39 is 24.1 Å². The van der Waals surface area contributed by atoms with Gasteiger partial charge in [-0.15, -0.1) is 0 Å². The smallest absolute Gasteiger partial charge is 0.338 e. The summed E-state index contributed by atoms with van der Waals surface area (Å²) < 4.78 is 34.7. The third kappa shape index (κ3) is 17.7. The second-order valence-corrected chi connectivity index (χ2v) is 16.3. The molecule has 322 valence electrons. The largest absolute Gasteiger partial charge is 0.490 e. The Labute approximate surface area is 350 Å². The van der Waals surface area contributed by atoms with Crippen molar-refractivity contribution in [3.63, 3.8) is 0 Å². The molecular formula is C50H74O8. The maximum absolute atomic E-state index is 13.2. The first kappa shape index (κ1) is 47.1. The second kappa shape index (κ2) is 28.0. The summed E-state index contributed by atoms with van der Waals surface area (Å²) in [4.78, 5) is 26.3. The van der Waals surface area contributed by atoms with Crippen LogP contribution in [0.1, 0.15) is 142 Å². The monoisotopic (exact) mass is 803 g/mol. The van der Waals surface area contributed by atoms with Gasteiger partial charge in [0.05, 0.1) is 26.4 Å². The molecule has 4 rings (SSSR count). The zero-order chi connectivity index (χ0) is 41.2. The first-order valence-electron chi connectivity index (χ1n) is 22.7. The zero-order valence-corrected chi connectivity index (χ0v) is 36.2. The summed E-state index contributed by atoms with van der Waals surface area (Å²) in [6.07, 6.45) is 27.6. The van der Waals surface area contributed by atoms with Gasteiger partial charge in [-0.3, -0.25) is 0 Å². The minimum Gasteiger partial charge on any atom is -0.490 e. The molecule has 58 heavy (non-hydrogen) atoms. The van der Waals surface area contributed by atoms with Crippen LogP contribution in [0.2, 0.25) is 0 Å². The van der Waals surface area contributed by atoms with Crippen LogP contribution in [0.15, 0.2) is 72.8 Å². The molecule has 0 amide bonds. The molecule has 2 aliphatic carbocycles. The fourth-order valence-electron chi connectivity index (χ4n) is 8.23. The van der Waals surface area contributed by atoms with Gasteiger partial charge in [0.15, 0.2) is 12.2 Å². The molecule has 0 saturated heterocycles. The first-order valence-corrected chi connectivity index (χ1v) is 22.7. The standard InChI is InChI=1S/C50H74O8/c1-5-9-11-15-39-19-23-41(24-20-39)17-13-35-55-45-31-27-43(28-32-45)37-57-47(49(51)53-7-3)48(50(52)54-8-4)58-38-44-29-33-46(34-30-44)56-36-14-18-42-25-21-40(22-26-42)16-12-10-6-2/h13-14,17-18,27-34,39-42,47-48H,5-12,15-16,19-26,35-38H2,1-4H3/t39?,40?,41?,42?,47-,48-/m1/s1. The molecule has 0 aromatic heterocycles. The summed E-state index contributed by atoms with van der Waals surface area (Å²) in [7, 11) is 0. The fourth-order valence-corrected chi connectivity index (χ4v) is 8.23. The number of unbranched alkanes of at least 4 members (excludes halogenated alkanes) is 4. The molecule has 8 nitrogen and oxygen atoms in total. The van der Waals surface area contributed by atoms with Gasteiger partial charge < -0.3 is 28.4 Å². The van der Waals surface area contributed by atoms with Crippen LogP contribution in [-0.4, -0.2) is 50.6 Å². The van der Waals surface area contributed by atoms with Crippen LogP contribution in [0, 0.1) is 23.7 Å². The number of ether oxygens (including phenoxy) is 6. The van der Waals surface area contributed by atoms with Crippen molar-refractivity contribution in [1.82, 2.24) is 0 Å². The lowest BCUT2D eigenvalue weighted by Crippen LogP contribution is -2.45. The highest BCUT2D eigenvalue weighted by molar-refractivity contribution is 5.85. The normalized spacial score (nSPS) is 20.8. The van der Waals surface area contributed by atoms with Crippen molar-refractivity contribution in [2.24, 2.45) is 23.7 Å². The summed E-state index contributed by atoms with van der Waals surface area (Å²) in [5.41, 5.74) is 1.62. The lowest BCUT2D eigenvalue weighted by Gasteiger charge is -2.26. The quantitative estimate of drug-likeness (QED) is 0.0501. The number of rotatable bonds is 27. The number of esters is 2. The molecule has 0 bridgehead atoms. The Balaban J connectivity index is 1.22. The summed E-state index contributed by atoms with van der Waals surface area (Å²) in [5.74, 6) is 3.25. The Morgan fingerprint density at radius 2 is 0.931 bits per heavy atom. The topological polar surface area (TPSA) is 89.5 Å². The lowest BCUT2D eigenvalue weighted by molar-refractivity contribution is -0.185. The van der Waals surface area contributed by atoms with Crippen molar-refractivity contribution in [3.8, 4) is 11.5 Å². The Morgan fingerprint density at radius 1 is 0.552 bits per heavy atom. The second-order valence-electron chi connectivity index (χ2n) is 16.3. The molecule has 0 N–H and O–H groups in total. The summed E-state index contributed by atoms with van der Waals surface area (Å²) in [6.45, 7) is 9.38. The Hall–Kier alpha value is -3.62. The minimum atomic E-state index is -1.32. The van der Waals surface area contributed by atoms with E-state index in [-0.39, 0.29) is 26.4 Å². The Kier molecular flexibility index (Phi) is 22.7. The van der Waals surface area contributed by atoms with E-state index in [1.807, 2.05) is 48.5 Å². The number of allylic oxidation sites excluding steroid dienone is 2. The number of hydrogen-bond acceptors (Lipinski definition) is 8. The fraction of sp³-hybridized carbons (Fsp3) is 0.640. The van der Waals surface area contributed by atoms with Crippen LogP contribution >= 0.6 is 0 Å². The Bertz CT molecular complexity index is 1340. The molecule has 2 fully saturated rings. The lowest BCUT2D eigenvalue weighted by atomic mass is 9.79. The predicted molar refractivity (Wildman–Crippen MR) is 232 cm³/mol. The van der Waals surface area contributed by atoms with E-state index in [4.69, 9.17) is 28.4 Å². The summed E-state index contributed by atoms with van der Waals surface area (Å²) in [5, 5.41) is 0. The third-order valence-corrected chi connectivity index (χ3v) is 11.7. The van der Waals surface area contributed by atoms with Crippen molar-refractivity contribution in [2.75, 3.05) is 26.4 Å². The number of carbonyl (C=O) groups is 2. The van der Waals surface area contributed by atoms with E-state index >= 15 is 0 Å². The van der Waals surface area contributed by atoms with Gasteiger partial charge in [0.1, 0.15) is 24.7 Å². The van der Waals surface area contributed by atoms with Gasteiger partial charge in [-0.05, 0) is 124 Å². The number of benzene rings is 2. The highest BCUT2D eigenvalue weighted by Gasteiger charge is 2.38. The molecule has 2 aromatic carbocycles. The summed E-state index contributed by atoms with van der Waals surface area (Å²) in [6, 6.07) is 15.1. The van der Waals surface area contributed by atoms with E-state index in [2.05, 4.69) is 38.2 Å². The average molecular weight is 803 g/mol. The van der Waals surface area contributed by atoms with Gasteiger partial charge in [-0.1, -0.05) is 114 Å². The van der Waals surface area contributed by atoms with Crippen LogP contribution in [-0.2, 0) is 41.8 Å². The molecular weight excluding hydrogens is 729 g/mol. The average Bonchev–Trinajstić information content (AvgIpc) is 3.24. The van der Waals surface area contributed by atoms with Crippen LogP contribution in [0.5, 0.6) is 11.5 Å². The molecule has 8 heteroatoms. The van der Waals surface area contributed by atoms with Crippen LogP contribution in [0.4, 0.5) is 0 Å². The van der Waals surface area contributed by atoms with Crippen molar-refractivity contribution in [2.45, 2.75) is 156 Å². The predicted octanol–water partition coefficient (Wildman–Crippen LogP) is 11.9. The molecule has 2 atom stereocenters. The molecule has 2 aromatic rings. The van der Waals surface area contributed by atoms with Crippen molar-refractivity contribution in [3.05, 3.63) is 84.0 Å². The van der Waals surface area contributed by atoms with Crippen molar-refractivity contribution >= 4 is 11.9 Å². The zero-order valence-electron chi connectivity index (χ0n) is 36.2. The van der Waals surface area contributed by atoms with Gasteiger partial charge in [0.2, 0.25) is 0 Å². The van der Waals surface area contributed by atoms with E-state index in [0.29, 0.717) is 25.0 Å². The van der Waals surface area contributed by atoms with Gasteiger partial charge in [-0.25, -0.2) is 9.59 Å². The van der Waals surface area contributed by atoms with Gasteiger partial charge in [0.25, 0.3) is 0 Å². The Morgan fingerprint density at radius 3 is 1.28 bits per heavy atom. The first-order chi connectivity index (χ1) is 28.4. The van der Waals surface area contributed by atoms with E-state index in [0.717, 1.165) is 34.5 Å².